The Kier molecular flexibility index (Phi) is 3.93. The summed E-state index contributed by atoms with van der Waals surface area (Å²) in [6, 6.07) is 10.2. The van der Waals surface area contributed by atoms with Gasteiger partial charge in [0.2, 0.25) is 11.9 Å². The maximum atomic E-state index is 5.81. The van der Waals surface area contributed by atoms with Gasteiger partial charge in [-0.15, -0.1) is 0 Å². The van der Waals surface area contributed by atoms with E-state index < -0.39 is 0 Å². The number of aryl methyl sites for hydroxylation is 1. The largest absolute Gasteiger partial charge is 0.368 e. The van der Waals surface area contributed by atoms with E-state index in [9.17, 15) is 0 Å². The van der Waals surface area contributed by atoms with Crippen LogP contribution >= 0.6 is 0 Å². The second-order valence-electron chi connectivity index (χ2n) is 7.38. The summed E-state index contributed by atoms with van der Waals surface area (Å²) >= 11 is 0. The van der Waals surface area contributed by atoms with Crippen molar-refractivity contribution in [3.63, 3.8) is 0 Å². The fourth-order valence-corrected chi connectivity index (χ4v) is 3.45. The lowest BCUT2D eigenvalue weighted by Gasteiger charge is -2.10. The number of hydrogen-bond donors (Lipinski definition) is 3. The topological polar surface area (TPSA) is 105 Å². The molecule has 0 spiro atoms. The van der Waals surface area contributed by atoms with E-state index in [-0.39, 0.29) is 0 Å². The zero-order chi connectivity index (χ0) is 19.1. The summed E-state index contributed by atoms with van der Waals surface area (Å²) in [5.74, 6) is 1.55. The molecule has 0 bridgehead atoms. The Balaban J connectivity index is 1.46. The zero-order valence-electron chi connectivity index (χ0n) is 15.6. The predicted molar refractivity (Wildman–Crippen MR) is 110 cm³/mol. The Labute approximate surface area is 162 Å². The van der Waals surface area contributed by atoms with Gasteiger partial charge in [0.1, 0.15) is 0 Å². The Bertz CT molecular complexity index is 1160. The highest BCUT2D eigenvalue weighted by molar-refractivity contribution is 5.84. The second-order valence-corrected chi connectivity index (χ2v) is 7.38. The number of H-pyrrole nitrogens is 1. The molecule has 3 heterocycles. The number of fused-ring (bicyclic) bond motifs is 1. The Morgan fingerprint density at radius 3 is 2.89 bits per heavy atom. The Morgan fingerprint density at radius 2 is 2.04 bits per heavy atom. The van der Waals surface area contributed by atoms with Crippen molar-refractivity contribution in [3.8, 4) is 11.3 Å². The zero-order valence-corrected chi connectivity index (χ0v) is 15.6. The normalized spacial score (nSPS) is 13.8. The van der Waals surface area contributed by atoms with E-state index in [2.05, 4.69) is 43.5 Å². The van der Waals surface area contributed by atoms with E-state index in [1.165, 1.54) is 12.8 Å². The molecule has 1 aromatic carbocycles. The summed E-state index contributed by atoms with van der Waals surface area (Å²) in [6.45, 7) is 2.05. The van der Waals surface area contributed by atoms with Crippen LogP contribution in [0.15, 0.2) is 42.7 Å². The van der Waals surface area contributed by atoms with Gasteiger partial charge in [0.15, 0.2) is 0 Å². The summed E-state index contributed by atoms with van der Waals surface area (Å²) in [5, 5.41) is 4.45. The second kappa shape index (κ2) is 6.60. The van der Waals surface area contributed by atoms with Gasteiger partial charge in [-0.3, -0.25) is 0 Å². The maximum absolute atomic E-state index is 5.81. The van der Waals surface area contributed by atoms with Crippen LogP contribution in [-0.2, 0) is 6.42 Å². The molecule has 1 aliphatic rings. The van der Waals surface area contributed by atoms with Crippen molar-refractivity contribution < 1.29 is 0 Å². The van der Waals surface area contributed by atoms with Gasteiger partial charge in [-0.1, -0.05) is 0 Å². The van der Waals surface area contributed by atoms with Gasteiger partial charge in [-0.05, 0) is 62.4 Å². The first kappa shape index (κ1) is 16.7. The van der Waals surface area contributed by atoms with Crippen LogP contribution in [0.1, 0.15) is 24.2 Å². The average Bonchev–Trinajstić information content (AvgIpc) is 3.40. The minimum Gasteiger partial charge on any atom is -0.368 e. The number of nitrogen functional groups attached to an aromatic ring is 1. The molecule has 0 radical (unpaired) electrons. The lowest BCUT2D eigenvalue weighted by molar-refractivity contribution is 0.802. The van der Waals surface area contributed by atoms with E-state index in [0.717, 1.165) is 45.7 Å². The highest BCUT2D eigenvalue weighted by Crippen LogP contribution is 2.35. The van der Waals surface area contributed by atoms with E-state index in [1.54, 1.807) is 12.4 Å². The smallest absolute Gasteiger partial charge is 0.227 e. The molecule has 1 fully saturated rings. The summed E-state index contributed by atoms with van der Waals surface area (Å²) in [6.07, 6.45) is 6.93. The van der Waals surface area contributed by atoms with Crippen LogP contribution in [0.25, 0.3) is 22.2 Å². The number of aromatic nitrogens is 5. The fourth-order valence-electron chi connectivity index (χ4n) is 3.45. The molecule has 0 amide bonds. The monoisotopic (exact) mass is 371 g/mol. The third-order valence-corrected chi connectivity index (χ3v) is 5.01. The van der Waals surface area contributed by atoms with Crippen molar-refractivity contribution in [2.24, 2.45) is 5.92 Å². The minimum atomic E-state index is 0.307. The molecule has 0 unspecified atom stereocenters. The molecular weight excluding hydrogens is 350 g/mol. The predicted octanol–water partition coefficient (Wildman–Crippen LogP) is 4.00. The van der Waals surface area contributed by atoms with Crippen molar-refractivity contribution in [3.05, 3.63) is 54.1 Å². The average molecular weight is 371 g/mol. The van der Waals surface area contributed by atoms with Gasteiger partial charge in [0.25, 0.3) is 0 Å². The Morgan fingerprint density at radius 1 is 1.14 bits per heavy atom. The highest BCUT2D eigenvalue weighted by atomic mass is 15.1. The number of anilines is 3. The molecule has 28 heavy (non-hydrogen) atoms. The fraction of sp³-hybridized carbons (Fsp3) is 0.238. The van der Waals surface area contributed by atoms with Crippen molar-refractivity contribution in [1.29, 1.82) is 0 Å². The molecule has 3 aromatic heterocycles. The lowest BCUT2D eigenvalue weighted by atomic mass is 10.1. The summed E-state index contributed by atoms with van der Waals surface area (Å²) < 4.78 is 0. The van der Waals surface area contributed by atoms with Crippen LogP contribution in [0.3, 0.4) is 0 Å². The van der Waals surface area contributed by atoms with Gasteiger partial charge < -0.3 is 16.0 Å². The molecule has 4 N–H and O–H groups in total. The van der Waals surface area contributed by atoms with Crippen molar-refractivity contribution >= 4 is 28.5 Å². The summed E-state index contributed by atoms with van der Waals surface area (Å²) in [7, 11) is 0. The lowest BCUT2D eigenvalue weighted by Crippen LogP contribution is -2.04. The van der Waals surface area contributed by atoms with Gasteiger partial charge in [0, 0.05) is 40.2 Å². The number of nitrogens with two attached hydrogens (primary N) is 1. The molecule has 7 nitrogen and oxygen atoms in total. The minimum absolute atomic E-state index is 0.307. The number of hydrogen-bond acceptors (Lipinski definition) is 6. The van der Waals surface area contributed by atoms with E-state index in [0.29, 0.717) is 17.8 Å². The number of nitrogens with zero attached hydrogens (tertiary/aromatic N) is 4. The highest BCUT2D eigenvalue weighted by Gasteiger charge is 2.24. The number of rotatable bonds is 5. The maximum Gasteiger partial charge on any atom is 0.227 e. The van der Waals surface area contributed by atoms with Gasteiger partial charge >= 0.3 is 0 Å². The quantitative estimate of drug-likeness (QED) is 0.490. The molecule has 0 aliphatic heterocycles. The molecule has 0 saturated heterocycles. The number of aromatic amines is 1. The summed E-state index contributed by atoms with van der Waals surface area (Å²) in [4.78, 5) is 21.0. The van der Waals surface area contributed by atoms with Crippen molar-refractivity contribution in [2.45, 2.75) is 26.2 Å². The number of benzene rings is 1. The standard InChI is InChI=1S/C21H21N7/c1-12-8-14-10-15(4-5-17(14)25-12)26-21-23-7-6-18(28-21)16-11-24-20(22)27-19(16)9-13-2-3-13/h4-8,10-11,13,25H,2-3,9H2,1H3,(H2,22,24,27)(H,23,26,28). The SMILES string of the molecule is Cc1cc2cc(Nc3nccc(-c4cnc(N)nc4CC4CC4)n3)ccc2[nH]1. The molecule has 7 heteroatoms. The third kappa shape index (κ3) is 3.38. The van der Waals surface area contributed by atoms with Gasteiger partial charge in [0.05, 0.1) is 11.4 Å². The van der Waals surface area contributed by atoms with E-state index in [1.807, 2.05) is 19.1 Å². The molecular formula is C21H21N7. The van der Waals surface area contributed by atoms with Crippen LogP contribution in [-0.4, -0.2) is 24.9 Å². The van der Waals surface area contributed by atoms with Crippen molar-refractivity contribution in [2.75, 3.05) is 11.1 Å². The molecule has 140 valence electrons. The Hall–Kier alpha value is -3.48. The van der Waals surface area contributed by atoms with Crippen LogP contribution in [0.4, 0.5) is 17.6 Å². The van der Waals surface area contributed by atoms with Crippen molar-refractivity contribution in [1.82, 2.24) is 24.9 Å². The molecule has 4 aromatic rings. The first-order chi connectivity index (χ1) is 13.6. The molecule has 1 aliphatic carbocycles. The molecule has 5 rings (SSSR count). The first-order valence-electron chi connectivity index (χ1n) is 9.45. The van der Waals surface area contributed by atoms with E-state index >= 15 is 0 Å². The van der Waals surface area contributed by atoms with Crippen LogP contribution < -0.4 is 11.1 Å². The van der Waals surface area contributed by atoms with E-state index in [4.69, 9.17) is 10.7 Å². The molecule has 1 saturated carbocycles. The van der Waals surface area contributed by atoms with Gasteiger partial charge in [-0.2, -0.15) is 0 Å². The third-order valence-electron chi connectivity index (χ3n) is 5.01. The van der Waals surface area contributed by atoms with Gasteiger partial charge in [-0.25, -0.2) is 19.9 Å². The summed E-state index contributed by atoms with van der Waals surface area (Å²) in [5.41, 5.74) is 11.7. The van der Waals surface area contributed by atoms with Crippen LogP contribution in [0.2, 0.25) is 0 Å². The van der Waals surface area contributed by atoms with Crippen LogP contribution in [0, 0.1) is 12.8 Å². The first-order valence-corrected chi connectivity index (χ1v) is 9.45. The number of nitrogens with one attached hydrogen (secondary N) is 2. The van der Waals surface area contributed by atoms with Crippen LogP contribution in [0.5, 0.6) is 0 Å². The molecule has 0 atom stereocenters.